The molecule has 4 aliphatic carbocycles. The van der Waals surface area contributed by atoms with Gasteiger partial charge in [0.15, 0.2) is 11.6 Å². The number of urea groups is 1. The smallest absolute Gasteiger partial charge is 0.315 e. The molecule has 5 atom stereocenters. The van der Waals surface area contributed by atoms with E-state index in [4.69, 9.17) is 30.8 Å². The largest absolute Gasteiger partial charge is 0.481 e. The quantitative estimate of drug-likeness (QED) is 0.0123. The Morgan fingerprint density at radius 2 is 0.939 bits per heavy atom. The van der Waals surface area contributed by atoms with E-state index >= 15 is 0 Å². The highest BCUT2D eigenvalue weighted by atomic mass is 16.5. The standard InChI is InChI=1S/C23H22N2O4.C22H21N3O3.C21H29N3O3.C19H21N5O3.C14H22N4O3/c1-15(20-13-19(22(27)25-28)14-24-23(20)29-2)12-21(26)18-10-8-17(9-11-18)16-6-4-3-5-7-16;1-2-20(18-12-19(14-23-13-18)22(27)25-28)24-21(26)17-10-8-16(9-11-17)15-6-4-3-5-7-15;1-2-3-17(18-9-16(4-5-22-18)19(25)24-27)23-20(26)21-10-13-6-14(11-21)8-15(7-13)12-21;1-11(2)16(17-20-9-13(10-21-17)18(25)23-27)22-19(26)15-8-12-6-4-5-7-14(12)24(15)3;1-5-11(16-13(20)17-14(2,3)4)9-6-10(8-15-7-9)12(19)18-21/h3-11,13-15,28H,12H2,1-2H3,(H,25,27);3-14,20,28H,2H2,1H3,(H,24,26)(H,25,27);4-5,9,13-15,17,27H,2-3,6-8,10-12H2,1H3,(H,23,26)(H,24,25);4-11,16,27H,1-3H3,(H,22,26)(H,23,25);6-8,11,21H,5H2,1-4H3,(H,18,19)(H2,16,17,20)/t15-;20-;13?,14?,15?,17-,21?;16-;11-/m10001/s1. The van der Waals surface area contributed by atoms with Crippen LogP contribution in [0.2, 0.25) is 0 Å². The molecule has 4 aliphatic rings. The molecule has 4 saturated carbocycles. The lowest BCUT2D eigenvalue weighted by Crippen LogP contribution is -2.54. The fourth-order valence-electron chi connectivity index (χ4n) is 17.0. The van der Waals surface area contributed by atoms with E-state index in [1.54, 1.807) is 83.0 Å². The van der Waals surface area contributed by atoms with Gasteiger partial charge in [0.2, 0.25) is 11.8 Å². The van der Waals surface area contributed by atoms with Crippen LogP contribution in [0.25, 0.3) is 33.2 Å². The van der Waals surface area contributed by atoms with Crippen molar-refractivity contribution < 1.29 is 78.7 Å². The molecular weight excluding hydrogens is 1680 g/mol. The van der Waals surface area contributed by atoms with Crippen LogP contribution < -0.4 is 58.7 Å². The minimum absolute atomic E-state index is 0.0174. The average molecular weight is 1800 g/mol. The SMILES string of the molecule is CC(C)[C@H](NC(=O)c1cc2ccccc2n1C)c1ncc(C(=O)NO)cn1.CCC[C@H](NC(=O)C12CC3CC(CC(C3)C1)C2)c1cc(C(=O)NO)ccn1.CC[C@@H](NC(=O)NC(C)(C)C)c1cncc(C(=O)NO)c1.CC[C@H](NC(=O)c1ccc(-c2ccccc2)cc1)c1cncc(C(=O)NO)c1.COc1ncc(C(=O)NO)cc1[C@H](C)CC(=O)c1ccc(-c2ccccc2)cc1. The summed E-state index contributed by atoms with van der Waals surface area (Å²) in [7, 11) is 3.33. The first kappa shape index (κ1) is 99.8. The number of carbonyl (C=O) groups is 10. The summed E-state index contributed by atoms with van der Waals surface area (Å²) in [4.78, 5) is 146. The number of methoxy groups -OCH3 is 1. The molecule has 11 aromatic rings. The number of fused-ring (bicyclic) bond motifs is 1. The lowest BCUT2D eigenvalue weighted by atomic mass is 9.49. The first-order chi connectivity index (χ1) is 63.4. The van der Waals surface area contributed by atoms with Gasteiger partial charge in [0, 0.05) is 107 Å². The van der Waals surface area contributed by atoms with Crippen molar-refractivity contribution in [2.45, 2.75) is 169 Å². The van der Waals surface area contributed by atoms with Gasteiger partial charge in [-0.3, -0.25) is 84.1 Å². The van der Waals surface area contributed by atoms with Crippen LogP contribution in [-0.2, 0) is 11.8 Å². The fraction of sp³-hybridized carbons (Fsp3) is 0.333. The molecular formula is C99H115N17O16. The van der Waals surface area contributed by atoms with Crippen LogP contribution in [0.1, 0.15) is 274 Å². The highest BCUT2D eigenvalue weighted by Gasteiger charge is 2.55. The van der Waals surface area contributed by atoms with Crippen molar-refractivity contribution >= 4 is 70.0 Å². The van der Waals surface area contributed by atoms with E-state index in [2.05, 4.69) is 63.4 Å². The number of amides is 10. The molecule has 4 bridgehead atoms. The van der Waals surface area contributed by atoms with E-state index in [0.717, 1.165) is 83.0 Å². The first-order valence-corrected chi connectivity index (χ1v) is 43.7. The molecule has 6 aromatic heterocycles. The molecule has 132 heavy (non-hydrogen) atoms. The maximum atomic E-state index is 13.4. The molecule has 692 valence electrons. The Morgan fingerprint density at radius 3 is 1.42 bits per heavy atom. The maximum Gasteiger partial charge on any atom is 0.315 e. The third kappa shape index (κ3) is 26.7. The number of Topliss-reactive ketones (excluding diaryl/α,β-unsaturated/α-hetero) is 1. The van der Waals surface area contributed by atoms with Gasteiger partial charge < -0.3 is 35.9 Å². The Balaban J connectivity index is 0.000000172. The van der Waals surface area contributed by atoms with Gasteiger partial charge in [-0.2, -0.15) is 0 Å². The molecule has 0 spiro atoms. The van der Waals surface area contributed by atoms with Gasteiger partial charge in [-0.1, -0.05) is 163 Å². The van der Waals surface area contributed by atoms with Gasteiger partial charge in [-0.15, -0.1) is 0 Å². The van der Waals surface area contributed by atoms with E-state index in [1.807, 2.05) is 194 Å². The van der Waals surface area contributed by atoms with Crippen LogP contribution in [0.15, 0.2) is 219 Å². The zero-order valence-electron chi connectivity index (χ0n) is 75.6. The number of ketones is 1. The van der Waals surface area contributed by atoms with E-state index in [-0.39, 0.29) is 99.1 Å². The van der Waals surface area contributed by atoms with Gasteiger partial charge in [-0.05, 0) is 196 Å². The molecule has 15 rings (SSSR count). The number of hydrogen-bond acceptors (Lipinski definition) is 22. The zero-order chi connectivity index (χ0) is 95.3. The van der Waals surface area contributed by atoms with Crippen LogP contribution in [0.3, 0.4) is 0 Å². The lowest BCUT2D eigenvalue weighted by molar-refractivity contribution is -0.147. The molecule has 15 N–H and O–H groups in total. The Labute approximate surface area is 765 Å². The van der Waals surface area contributed by atoms with Crippen molar-refractivity contribution in [1.29, 1.82) is 0 Å². The van der Waals surface area contributed by atoms with Crippen LogP contribution >= 0.6 is 0 Å². The zero-order valence-corrected chi connectivity index (χ0v) is 75.6. The van der Waals surface area contributed by atoms with Crippen LogP contribution in [0.4, 0.5) is 4.79 Å². The monoisotopic (exact) mass is 1800 g/mol. The van der Waals surface area contributed by atoms with Crippen LogP contribution in [0, 0.1) is 29.1 Å². The second-order valence-electron chi connectivity index (χ2n) is 34.4. The predicted octanol–water partition coefficient (Wildman–Crippen LogP) is 15.3. The summed E-state index contributed by atoms with van der Waals surface area (Å²) in [5.74, 6) is -0.779. The summed E-state index contributed by atoms with van der Waals surface area (Å²) in [5.41, 5.74) is 18.1. The van der Waals surface area contributed by atoms with Crippen molar-refractivity contribution in [3.05, 3.63) is 292 Å². The van der Waals surface area contributed by atoms with Crippen molar-refractivity contribution in [1.82, 2.24) is 88.5 Å². The van der Waals surface area contributed by atoms with E-state index in [0.29, 0.717) is 69.3 Å². The fourth-order valence-corrected chi connectivity index (χ4v) is 17.0. The number of benzene rings is 5. The number of pyridine rings is 4. The Bertz CT molecular complexity index is 5760. The van der Waals surface area contributed by atoms with Crippen molar-refractivity contribution in [2.24, 2.45) is 36.1 Å². The first-order valence-electron chi connectivity index (χ1n) is 43.7. The minimum Gasteiger partial charge on any atom is -0.481 e. The molecule has 0 radical (unpaired) electrons. The highest BCUT2D eigenvalue weighted by Crippen LogP contribution is 2.60. The maximum absolute atomic E-state index is 13.4. The second-order valence-corrected chi connectivity index (χ2v) is 34.4. The predicted molar refractivity (Wildman–Crippen MR) is 492 cm³/mol. The third-order valence-corrected chi connectivity index (χ3v) is 23.3. The molecule has 4 fully saturated rings. The normalized spacial score (nSPS) is 16.0. The molecule has 6 heterocycles. The van der Waals surface area contributed by atoms with Crippen LogP contribution in [-0.4, -0.2) is 132 Å². The summed E-state index contributed by atoms with van der Waals surface area (Å²) in [6.45, 7) is 17.4. The number of nitrogens with one attached hydrogen (secondary N) is 10. The van der Waals surface area contributed by atoms with Crippen molar-refractivity contribution in [3.8, 4) is 28.1 Å². The summed E-state index contributed by atoms with van der Waals surface area (Å²) < 4.78 is 7.12. The molecule has 10 amide bonds. The average Bonchev–Trinajstić information content (AvgIpc) is 0.890. The summed E-state index contributed by atoms with van der Waals surface area (Å²) >= 11 is 0. The Morgan fingerprint density at radius 1 is 0.470 bits per heavy atom. The number of ether oxygens (including phenoxy) is 1. The molecule has 33 nitrogen and oxygen atoms in total. The summed E-state index contributed by atoms with van der Waals surface area (Å²) in [5, 5.41) is 59.7. The minimum atomic E-state index is -0.692. The Hall–Kier alpha value is -14.4. The molecule has 5 aromatic carbocycles. The lowest BCUT2D eigenvalue weighted by Gasteiger charge is -2.55. The number of aryl methyl sites for hydroxylation is 1. The number of para-hydroxylation sites is 1. The topological polar surface area (TPSA) is 484 Å². The number of aromatic nitrogens is 7. The van der Waals surface area contributed by atoms with Crippen molar-refractivity contribution in [3.63, 3.8) is 0 Å². The second kappa shape index (κ2) is 47.3. The summed E-state index contributed by atoms with van der Waals surface area (Å²) in [6, 6.07) is 50.9. The highest BCUT2D eigenvalue weighted by molar-refractivity contribution is 6.00. The van der Waals surface area contributed by atoms with Gasteiger partial charge >= 0.3 is 6.03 Å². The number of hydrogen-bond donors (Lipinski definition) is 15. The van der Waals surface area contributed by atoms with E-state index in [1.165, 1.54) is 62.8 Å². The third-order valence-electron chi connectivity index (χ3n) is 23.3. The Kier molecular flexibility index (Phi) is 35.7. The van der Waals surface area contributed by atoms with Crippen molar-refractivity contribution in [2.75, 3.05) is 7.11 Å². The van der Waals surface area contributed by atoms with E-state index < -0.39 is 35.6 Å². The number of rotatable bonds is 28. The van der Waals surface area contributed by atoms with Gasteiger partial charge in [0.25, 0.3) is 41.4 Å². The number of carbonyl (C=O) groups excluding carboxylic acids is 10. The summed E-state index contributed by atoms with van der Waals surface area (Å²) in [6.07, 6.45) is 21.6. The molecule has 0 unspecified atom stereocenters. The number of hydroxylamine groups is 5. The molecule has 0 aliphatic heterocycles. The number of nitrogens with zero attached hydrogens (tertiary/aromatic N) is 7. The van der Waals surface area contributed by atoms with Gasteiger partial charge in [0.1, 0.15) is 5.69 Å². The van der Waals surface area contributed by atoms with E-state index in [9.17, 15) is 47.9 Å². The van der Waals surface area contributed by atoms with Crippen LogP contribution in [0.5, 0.6) is 5.88 Å². The molecule has 33 heteroatoms. The molecule has 0 saturated heterocycles. The van der Waals surface area contributed by atoms with Gasteiger partial charge in [0.05, 0.1) is 59.2 Å². The van der Waals surface area contributed by atoms with Gasteiger partial charge in [-0.25, -0.2) is 47.1 Å².